The largest absolute Gasteiger partial charge is 0.335 e. The maximum Gasteiger partial charge on any atom is 0.252 e. The van der Waals surface area contributed by atoms with E-state index >= 15 is 0 Å². The van der Waals surface area contributed by atoms with Gasteiger partial charge in [0.25, 0.3) is 5.91 Å². The van der Waals surface area contributed by atoms with E-state index in [0.717, 1.165) is 19.4 Å². The molecule has 4 N–H and O–H groups in total. The summed E-state index contributed by atoms with van der Waals surface area (Å²) >= 11 is 0. The first-order valence-corrected chi connectivity index (χ1v) is 8.86. The molecule has 1 aliphatic heterocycles. The lowest BCUT2D eigenvalue weighted by Gasteiger charge is -2.16. The number of rotatable bonds is 5. The molecule has 1 heterocycles. The van der Waals surface area contributed by atoms with Gasteiger partial charge in [0.05, 0.1) is 11.1 Å². The van der Waals surface area contributed by atoms with E-state index in [-0.39, 0.29) is 28.9 Å². The maximum atomic E-state index is 12.3. The van der Waals surface area contributed by atoms with Crippen molar-refractivity contribution in [3.63, 3.8) is 0 Å². The average molecular weight is 324 g/mol. The van der Waals surface area contributed by atoms with Crippen LogP contribution in [0.4, 0.5) is 0 Å². The summed E-state index contributed by atoms with van der Waals surface area (Å²) in [6.45, 7) is 2.78. The Morgan fingerprint density at radius 2 is 2.09 bits per heavy atom. The number of carbonyl (C=O) groups excluding carboxylic acids is 1. The quantitative estimate of drug-likeness (QED) is 0.607. The lowest BCUT2D eigenvalue weighted by Crippen LogP contribution is -2.46. The molecule has 0 bridgehead atoms. The third-order valence-corrected chi connectivity index (χ3v) is 5.36. The van der Waals surface area contributed by atoms with Crippen LogP contribution in [0.2, 0.25) is 0 Å². The second-order valence-corrected chi connectivity index (χ2v) is 7.59. The third kappa shape index (κ3) is 3.46. The zero-order valence-corrected chi connectivity index (χ0v) is 13.1. The SMILES string of the molecule is CC1CNNC1NC(=O)c1cccc(S(=O)(=O)NC2CC2)c1. The number of benzene rings is 1. The van der Waals surface area contributed by atoms with Crippen LogP contribution in [0.15, 0.2) is 29.2 Å². The molecule has 1 saturated carbocycles. The highest BCUT2D eigenvalue weighted by atomic mass is 32.2. The molecule has 0 aromatic heterocycles. The smallest absolute Gasteiger partial charge is 0.252 e. The van der Waals surface area contributed by atoms with Crippen LogP contribution in [-0.4, -0.2) is 33.1 Å². The second-order valence-electron chi connectivity index (χ2n) is 5.88. The molecule has 120 valence electrons. The van der Waals surface area contributed by atoms with E-state index in [9.17, 15) is 13.2 Å². The Balaban J connectivity index is 1.74. The molecule has 2 fully saturated rings. The van der Waals surface area contributed by atoms with E-state index in [4.69, 9.17) is 0 Å². The minimum absolute atomic E-state index is 0.0390. The Kier molecular flexibility index (Phi) is 4.18. The molecule has 22 heavy (non-hydrogen) atoms. The van der Waals surface area contributed by atoms with Crippen molar-refractivity contribution < 1.29 is 13.2 Å². The summed E-state index contributed by atoms with van der Waals surface area (Å²) in [5.74, 6) is -0.0380. The van der Waals surface area contributed by atoms with E-state index in [2.05, 4.69) is 20.9 Å². The average Bonchev–Trinajstić information content (AvgIpc) is 3.20. The maximum absolute atomic E-state index is 12.3. The summed E-state index contributed by atoms with van der Waals surface area (Å²) in [5.41, 5.74) is 6.28. The van der Waals surface area contributed by atoms with Crippen LogP contribution in [0.5, 0.6) is 0 Å². The van der Waals surface area contributed by atoms with Crippen LogP contribution in [0.1, 0.15) is 30.1 Å². The topological polar surface area (TPSA) is 99.3 Å². The van der Waals surface area contributed by atoms with Crippen LogP contribution in [-0.2, 0) is 10.0 Å². The predicted molar refractivity (Wildman–Crippen MR) is 81.3 cm³/mol. The van der Waals surface area contributed by atoms with Crippen molar-refractivity contribution in [2.75, 3.05) is 6.54 Å². The molecule has 2 unspecified atom stereocenters. The van der Waals surface area contributed by atoms with Crippen molar-refractivity contribution >= 4 is 15.9 Å². The number of nitrogens with one attached hydrogen (secondary N) is 4. The molecule has 1 aromatic carbocycles. The lowest BCUT2D eigenvalue weighted by atomic mass is 10.1. The van der Waals surface area contributed by atoms with E-state index in [1.807, 2.05) is 6.92 Å². The molecule has 1 saturated heterocycles. The minimum atomic E-state index is -3.55. The summed E-state index contributed by atoms with van der Waals surface area (Å²) in [6.07, 6.45) is 1.58. The molecule has 2 atom stereocenters. The van der Waals surface area contributed by atoms with Crippen molar-refractivity contribution in [1.82, 2.24) is 20.9 Å². The van der Waals surface area contributed by atoms with Crippen molar-refractivity contribution in [2.24, 2.45) is 5.92 Å². The van der Waals surface area contributed by atoms with Crippen molar-refractivity contribution in [3.05, 3.63) is 29.8 Å². The highest BCUT2D eigenvalue weighted by molar-refractivity contribution is 7.89. The Bertz CT molecular complexity index is 672. The van der Waals surface area contributed by atoms with E-state index in [0.29, 0.717) is 5.56 Å². The van der Waals surface area contributed by atoms with Crippen molar-refractivity contribution in [2.45, 2.75) is 36.9 Å². The lowest BCUT2D eigenvalue weighted by molar-refractivity contribution is 0.0923. The standard InChI is InChI=1S/C14H20N4O3S/c1-9-8-15-17-13(9)16-14(19)10-3-2-4-12(7-10)22(20,21)18-11-5-6-11/h2-4,7,9,11,13,15,17-18H,5-6,8H2,1H3,(H,16,19). The summed E-state index contributed by atoms with van der Waals surface area (Å²) < 4.78 is 27.0. The number of hydrogen-bond acceptors (Lipinski definition) is 5. The van der Waals surface area contributed by atoms with Gasteiger partial charge in [0, 0.05) is 24.1 Å². The number of hydrogen-bond donors (Lipinski definition) is 4. The zero-order chi connectivity index (χ0) is 15.7. The molecular weight excluding hydrogens is 304 g/mol. The molecule has 1 aromatic rings. The summed E-state index contributed by atoms with van der Waals surface area (Å²) in [5, 5.41) is 2.85. The van der Waals surface area contributed by atoms with E-state index in [1.165, 1.54) is 12.1 Å². The molecule has 3 rings (SSSR count). The van der Waals surface area contributed by atoms with Crippen LogP contribution >= 0.6 is 0 Å². The number of carbonyl (C=O) groups is 1. The third-order valence-electron chi connectivity index (χ3n) is 3.84. The number of amides is 1. The van der Waals surface area contributed by atoms with Crippen molar-refractivity contribution in [3.8, 4) is 0 Å². The fourth-order valence-corrected chi connectivity index (χ4v) is 3.64. The van der Waals surface area contributed by atoms with Gasteiger partial charge in [-0.05, 0) is 31.0 Å². The van der Waals surface area contributed by atoms with Gasteiger partial charge in [-0.1, -0.05) is 13.0 Å². The van der Waals surface area contributed by atoms with Gasteiger partial charge in [0.2, 0.25) is 10.0 Å². The van der Waals surface area contributed by atoms with Gasteiger partial charge in [-0.25, -0.2) is 18.6 Å². The Hall–Kier alpha value is -1.48. The van der Waals surface area contributed by atoms with Gasteiger partial charge in [-0.2, -0.15) is 0 Å². The monoisotopic (exact) mass is 324 g/mol. The van der Waals surface area contributed by atoms with Gasteiger partial charge < -0.3 is 5.32 Å². The number of hydrazine groups is 1. The molecule has 0 spiro atoms. The second kappa shape index (κ2) is 5.96. The molecule has 1 aliphatic carbocycles. The van der Waals surface area contributed by atoms with E-state index < -0.39 is 10.0 Å². The highest BCUT2D eigenvalue weighted by Crippen LogP contribution is 2.22. The summed E-state index contributed by atoms with van der Waals surface area (Å²) in [4.78, 5) is 12.4. The first-order valence-electron chi connectivity index (χ1n) is 7.37. The fourth-order valence-electron chi connectivity index (χ4n) is 2.29. The highest BCUT2D eigenvalue weighted by Gasteiger charge is 2.29. The molecule has 7 nitrogen and oxygen atoms in total. The number of sulfonamides is 1. The summed E-state index contributed by atoms with van der Waals surface area (Å²) in [7, 11) is -3.55. The van der Waals surface area contributed by atoms with Crippen LogP contribution in [0, 0.1) is 5.92 Å². The van der Waals surface area contributed by atoms with Gasteiger partial charge in [0.1, 0.15) is 0 Å². The zero-order valence-electron chi connectivity index (χ0n) is 12.3. The minimum Gasteiger partial charge on any atom is -0.335 e. The first-order chi connectivity index (χ1) is 10.5. The molecule has 1 amide bonds. The Morgan fingerprint density at radius 1 is 1.32 bits per heavy atom. The van der Waals surface area contributed by atoms with Crippen LogP contribution in [0.3, 0.4) is 0 Å². The van der Waals surface area contributed by atoms with Crippen LogP contribution in [0.25, 0.3) is 0 Å². The fraction of sp³-hybridized carbons (Fsp3) is 0.500. The Morgan fingerprint density at radius 3 is 2.73 bits per heavy atom. The molecule has 2 aliphatic rings. The predicted octanol–water partition coefficient (Wildman–Crippen LogP) is -0.0729. The van der Waals surface area contributed by atoms with Gasteiger partial charge in [0.15, 0.2) is 0 Å². The first kappa shape index (κ1) is 15.4. The van der Waals surface area contributed by atoms with Gasteiger partial charge >= 0.3 is 0 Å². The van der Waals surface area contributed by atoms with Crippen molar-refractivity contribution in [1.29, 1.82) is 0 Å². The molecule has 0 radical (unpaired) electrons. The Labute approximate surface area is 129 Å². The van der Waals surface area contributed by atoms with Gasteiger partial charge in [-0.15, -0.1) is 0 Å². The van der Waals surface area contributed by atoms with Gasteiger partial charge in [-0.3, -0.25) is 10.2 Å². The normalized spacial score (nSPS) is 25.1. The molecular formula is C14H20N4O3S. The molecule has 8 heteroatoms. The van der Waals surface area contributed by atoms with Crippen LogP contribution < -0.4 is 20.9 Å². The van der Waals surface area contributed by atoms with E-state index in [1.54, 1.807) is 12.1 Å². The summed E-state index contributed by atoms with van der Waals surface area (Å²) in [6, 6.07) is 6.14.